The minimum absolute atomic E-state index is 0.0180. The first-order valence-corrected chi connectivity index (χ1v) is 11.4. The van der Waals surface area contributed by atoms with Crippen molar-refractivity contribution in [2.45, 2.75) is 18.7 Å². The Bertz CT molecular complexity index is 1420. The number of H-pyrrole nitrogens is 1. The van der Waals surface area contributed by atoms with E-state index in [1.54, 1.807) is 18.2 Å². The Hall–Kier alpha value is -3.67. The van der Waals surface area contributed by atoms with Gasteiger partial charge in [0.05, 0.1) is 30.0 Å². The van der Waals surface area contributed by atoms with Crippen molar-refractivity contribution in [1.82, 2.24) is 9.55 Å². The van der Waals surface area contributed by atoms with Crippen LogP contribution in [0.5, 0.6) is 11.5 Å². The number of benzene rings is 2. The summed E-state index contributed by atoms with van der Waals surface area (Å²) >= 11 is 0. The van der Waals surface area contributed by atoms with Crippen molar-refractivity contribution in [2.24, 2.45) is 0 Å². The minimum Gasteiger partial charge on any atom is -0.497 e. The maximum absolute atomic E-state index is 12.8. The molecular formula is C20H21N3O8S. The van der Waals surface area contributed by atoms with E-state index in [0.717, 1.165) is 17.9 Å². The van der Waals surface area contributed by atoms with Gasteiger partial charge in [-0.3, -0.25) is 14.9 Å². The Morgan fingerprint density at radius 1 is 1.06 bits per heavy atom. The highest BCUT2D eigenvalue weighted by atomic mass is 32.2. The maximum Gasteiger partial charge on any atom is 0.329 e. The van der Waals surface area contributed by atoms with Crippen LogP contribution >= 0.6 is 0 Å². The Morgan fingerprint density at radius 3 is 2.34 bits per heavy atom. The largest absolute Gasteiger partial charge is 0.497 e. The highest BCUT2D eigenvalue weighted by molar-refractivity contribution is 7.89. The molecule has 11 nitrogen and oxygen atoms in total. The zero-order valence-electron chi connectivity index (χ0n) is 17.6. The second-order valence-corrected chi connectivity index (χ2v) is 9.29. The molecule has 0 aliphatic heterocycles. The molecule has 0 aliphatic rings. The van der Waals surface area contributed by atoms with Crippen molar-refractivity contribution in [3.8, 4) is 11.5 Å². The van der Waals surface area contributed by atoms with Crippen LogP contribution in [0.4, 0.5) is 5.69 Å². The van der Waals surface area contributed by atoms with Gasteiger partial charge in [0, 0.05) is 24.0 Å². The molecule has 1 N–H and O–H groups in total. The van der Waals surface area contributed by atoms with Crippen molar-refractivity contribution in [1.29, 1.82) is 0 Å². The van der Waals surface area contributed by atoms with Crippen LogP contribution in [0.2, 0.25) is 0 Å². The molecule has 0 aliphatic carbocycles. The zero-order chi connectivity index (χ0) is 23.6. The molecule has 12 heteroatoms. The van der Waals surface area contributed by atoms with Gasteiger partial charge in [0.25, 0.3) is 11.2 Å². The summed E-state index contributed by atoms with van der Waals surface area (Å²) in [5, 5.41) is 11.6. The quantitative estimate of drug-likeness (QED) is 0.389. The Labute approximate surface area is 182 Å². The van der Waals surface area contributed by atoms with E-state index in [0.29, 0.717) is 22.5 Å². The fourth-order valence-electron chi connectivity index (χ4n) is 3.38. The summed E-state index contributed by atoms with van der Waals surface area (Å²) in [6.45, 7) is 0. The number of aryl methyl sites for hydroxylation is 2. The number of nitrogens with zero attached hydrogens (tertiary/aromatic N) is 2. The van der Waals surface area contributed by atoms with E-state index in [4.69, 9.17) is 9.47 Å². The number of rotatable bonds is 8. The van der Waals surface area contributed by atoms with E-state index >= 15 is 0 Å². The normalized spacial score (nSPS) is 11.5. The molecule has 3 rings (SSSR count). The molecule has 0 saturated heterocycles. The second kappa shape index (κ2) is 8.83. The predicted octanol–water partition coefficient (Wildman–Crippen LogP) is 1.40. The Kier molecular flexibility index (Phi) is 6.35. The molecule has 32 heavy (non-hydrogen) atoms. The van der Waals surface area contributed by atoms with Crippen molar-refractivity contribution >= 4 is 26.4 Å². The molecule has 0 atom stereocenters. The van der Waals surface area contributed by atoms with Crippen molar-refractivity contribution < 1.29 is 22.8 Å². The zero-order valence-corrected chi connectivity index (χ0v) is 18.4. The summed E-state index contributed by atoms with van der Waals surface area (Å²) in [4.78, 5) is 38.3. The van der Waals surface area contributed by atoms with Crippen LogP contribution in [-0.4, -0.2) is 43.4 Å². The van der Waals surface area contributed by atoms with Gasteiger partial charge in [-0.2, -0.15) is 0 Å². The maximum atomic E-state index is 12.8. The van der Waals surface area contributed by atoms with Crippen LogP contribution in [0.15, 0.2) is 39.9 Å². The lowest BCUT2D eigenvalue weighted by atomic mass is 10.0. The van der Waals surface area contributed by atoms with Crippen LogP contribution in [0, 0.1) is 10.1 Å². The fourth-order valence-corrected chi connectivity index (χ4v) is 4.09. The molecule has 0 saturated carbocycles. The molecular weight excluding hydrogens is 442 g/mol. The van der Waals surface area contributed by atoms with E-state index in [2.05, 4.69) is 4.98 Å². The molecule has 0 bridgehead atoms. The summed E-state index contributed by atoms with van der Waals surface area (Å²) in [5.74, 6) is 0.345. The third-order valence-electron chi connectivity index (χ3n) is 4.90. The number of nitro benzene ring substituents is 1. The first-order valence-electron chi connectivity index (χ1n) is 9.37. The fraction of sp³-hybridized carbons (Fsp3) is 0.300. The summed E-state index contributed by atoms with van der Waals surface area (Å²) in [6, 6.07) is 7.64. The SMILES string of the molecule is COc1ccc(CCc2cc3c(=O)n(CS(C)(=O)=O)c(=O)[nH]c3cc2[N+](=O)[O-])c(OC)c1. The Balaban J connectivity index is 2.09. The molecule has 1 aromatic heterocycles. The van der Waals surface area contributed by atoms with Gasteiger partial charge < -0.3 is 14.5 Å². The minimum atomic E-state index is -3.67. The lowest BCUT2D eigenvalue weighted by Gasteiger charge is -2.11. The van der Waals surface area contributed by atoms with Gasteiger partial charge in [0.1, 0.15) is 17.4 Å². The molecule has 0 spiro atoms. The number of ether oxygens (including phenoxy) is 2. The van der Waals surface area contributed by atoms with Crippen LogP contribution in [0.1, 0.15) is 11.1 Å². The molecule has 170 valence electrons. The number of sulfone groups is 1. The summed E-state index contributed by atoms with van der Waals surface area (Å²) in [6.07, 6.45) is 1.45. The van der Waals surface area contributed by atoms with Gasteiger partial charge in [0.2, 0.25) is 0 Å². The number of nitro groups is 1. The van der Waals surface area contributed by atoms with E-state index in [9.17, 15) is 28.1 Å². The molecule has 0 fully saturated rings. The first-order chi connectivity index (χ1) is 15.0. The predicted molar refractivity (Wildman–Crippen MR) is 117 cm³/mol. The third-order valence-corrected chi connectivity index (χ3v) is 5.63. The van der Waals surface area contributed by atoms with E-state index in [1.165, 1.54) is 20.3 Å². The molecule has 2 aromatic carbocycles. The van der Waals surface area contributed by atoms with Crippen LogP contribution in [-0.2, 0) is 28.6 Å². The average molecular weight is 463 g/mol. The number of fused-ring (bicyclic) bond motifs is 1. The summed E-state index contributed by atoms with van der Waals surface area (Å²) in [7, 11) is -0.653. The smallest absolute Gasteiger partial charge is 0.329 e. The van der Waals surface area contributed by atoms with Gasteiger partial charge in [-0.1, -0.05) is 6.07 Å². The highest BCUT2D eigenvalue weighted by Gasteiger charge is 2.20. The number of aromatic amines is 1. The van der Waals surface area contributed by atoms with Crippen molar-refractivity contribution in [2.75, 3.05) is 20.5 Å². The first kappa shape index (κ1) is 23.0. The van der Waals surface area contributed by atoms with Crippen LogP contribution in [0.25, 0.3) is 10.9 Å². The average Bonchev–Trinajstić information content (AvgIpc) is 2.74. The third kappa shape index (κ3) is 4.80. The number of hydrogen-bond acceptors (Lipinski definition) is 8. The standard InChI is InChI=1S/C20H21N3O8S/c1-30-14-7-6-12(18(9-14)31-2)4-5-13-8-15-16(10-17(13)23(26)27)21-20(25)22(19(15)24)11-32(3,28)29/h6-10H,4-5,11H2,1-3H3,(H,21,25). The molecule has 3 aromatic rings. The van der Waals surface area contributed by atoms with Gasteiger partial charge in [-0.05, 0) is 30.5 Å². The van der Waals surface area contributed by atoms with E-state index < -0.39 is 31.9 Å². The van der Waals surface area contributed by atoms with Gasteiger partial charge >= 0.3 is 5.69 Å². The lowest BCUT2D eigenvalue weighted by Crippen LogP contribution is -2.37. The van der Waals surface area contributed by atoms with Gasteiger partial charge in [0.15, 0.2) is 9.84 Å². The second-order valence-electron chi connectivity index (χ2n) is 7.18. The van der Waals surface area contributed by atoms with Crippen LogP contribution in [0.3, 0.4) is 0 Å². The molecule has 0 amide bonds. The molecule has 1 heterocycles. The highest BCUT2D eigenvalue weighted by Crippen LogP contribution is 2.28. The van der Waals surface area contributed by atoms with Gasteiger partial charge in [-0.25, -0.2) is 17.8 Å². The molecule has 0 unspecified atom stereocenters. The number of methoxy groups -OCH3 is 2. The summed E-state index contributed by atoms with van der Waals surface area (Å²) in [5.41, 5.74) is -1.07. The Morgan fingerprint density at radius 2 is 1.75 bits per heavy atom. The number of nitrogens with one attached hydrogen (secondary N) is 1. The number of aromatic nitrogens is 2. The van der Waals surface area contributed by atoms with Crippen molar-refractivity contribution in [3.05, 3.63) is 72.4 Å². The topological polar surface area (TPSA) is 151 Å². The monoisotopic (exact) mass is 463 g/mol. The lowest BCUT2D eigenvalue weighted by molar-refractivity contribution is -0.385. The van der Waals surface area contributed by atoms with Gasteiger partial charge in [-0.15, -0.1) is 0 Å². The number of hydrogen-bond donors (Lipinski definition) is 1. The molecule has 0 radical (unpaired) electrons. The van der Waals surface area contributed by atoms with E-state index in [-0.39, 0.29) is 28.6 Å². The van der Waals surface area contributed by atoms with Crippen molar-refractivity contribution in [3.63, 3.8) is 0 Å². The summed E-state index contributed by atoms with van der Waals surface area (Å²) < 4.78 is 34.3. The van der Waals surface area contributed by atoms with Crippen LogP contribution < -0.4 is 20.7 Å². The van der Waals surface area contributed by atoms with E-state index in [1.807, 2.05) is 0 Å².